The van der Waals surface area contributed by atoms with Crippen molar-refractivity contribution >= 4 is 39.0 Å². The summed E-state index contributed by atoms with van der Waals surface area (Å²) < 4.78 is 2.93. The van der Waals surface area contributed by atoms with Crippen molar-refractivity contribution in [3.05, 3.63) is 46.6 Å². The lowest BCUT2D eigenvalue weighted by atomic mass is 10.2. The molecule has 0 saturated heterocycles. The summed E-state index contributed by atoms with van der Waals surface area (Å²) in [6, 6.07) is 9.81. The van der Waals surface area contributed by atoms with E-state index in [1.165, 1.54) is 0 Å². The first-order valence-corrected chi connectivity index (χ1v) is 7.29. The number of nitrogen functional groups attached to an aromatic ring is 1. The molecule has 96 valence electrons. The third kappa shape index (κ3) is 2.33. The van der Waals surface area contributed by atoms with Crippen LogP contribution >= 0.6 is 27.7 Å². The molecule has 2 N–H and O–H groups in total. The third-order valence-electron chi connectivity index (χ3n) is 2.80. The maximum Gasteiger partial charge on any atom is 0.200 e. The van der Waals surface area contributed by atoms with Crippen molar-refractivity contribution in [3.63, 3.8) is 0 Å². The van der Waals surface area contributed by atoms with E-state index in [4.69, 9.17) is 5.73 Å². The summed E-state index contributed by atoms with van der Waals surface area (Å²) in [6.45, 7) is 1.99. The smallest absolute Gasteiger partial charge is 0.200 e. The largest absolute Gasteiger partial charge is 0.398 e. The van der Waals surface area contributed by atoms with Crippen LogP contribution in [0.3, 0.4) is 0 Å². The zero-order valence-corrected chi connectivity index (χ0v) is 12.6. The molecule has 0 saturated carbocycles. The molecule has 3 rings (SSSR count). The number of rotatable bonds is 2. The van der Waals surface area contributed by atoms with Crippen molar-refractivity contribution in [2.45, 2.75) is 17.0 Å². The fourth-order valence-corrected chi connectivity index (χ4v) is 3.26. The van der Waals surface area contributed by atoms with Crippen molar-refractivity contribution < 1.29 is 0 Å². The molecule has 19 heavy (non-hydrogen) atoms. The second-order valence-electron chi connectivity index (χ2n) is 4.15. The van der Waals surface area contributed by atoms with E-state index in [1.807, 2.05) is 47.9 Å². The molecule has 0 aliphatic heterocycles. The standard InChI is InChI=1S/C13H11BrN4S/c1-8-6-11(9(14)7-10(8)15)19-13-17-16-12-4-2-3-5-18(12)13/h2-7H,15H2,1H3. The maximum atomic E-state index is 5.88. The van der Waals surface area contributed by atoms with Crippen LogP contribution in [-0.2, 0) is 0 Å². The van der Waals surface area contributed by atoms with Crippen molar-refractivity contribution in [1.82, 2.24) is 14.6 Å². The lowest BCUT2D eigenvalue weighted by molar-refractivity contribution is 0.921. The first kappa shape index (κ1) is 12.5. The van der Waals surface area contributed by atoms with Crippen LogP contribution in [0.4, 0.5) is 5.69 Å². The van der Waals surface area contributed by atoms with E-state index in [0.717, 1.165) is 31.4 Å². The van der Waals surface area contributed by atoms with Gasteiger partial charge in [-0.3, -0.25) is 4.40 Å². The molecule has 2 aromatic heterocycles. The Kier molecular flexibility index (Phi) is 3.20. The van der Waals surface area contributed by atoms with Crippen molar-refractivity contribution in [2.24, 2.45) is 0 Å². The molecule has 0 atom stereocenters. The number of aromatic nitrogens is 3. The first-order valence-electron chi connectivity index (χ1n) is 5.68. The van der Waals surface area contributed by atoms with E-state index >= 15 is 0 Å². The number of halogens is 1. The van der Waals surface area contributed by atoms with Gasteiger partial charge in [0.15, 0.2) is 10.8 Å². The number of nitrogens with zero attached hydrogens (tertiary/aromatic N) is 3. The molecule has 0 unspecified atom stereocenters. The highest BCUT2D eigenvalue weighted by Crippen LogP contribution is 2.35. The molecule has 0 bridgehead atoms. The summed E-state index contributed by atoms with van der Waals surface area (Å²) in [7, 11) is 0. The number of fused-ring (bicyclic) bond motifs is 1. The average Bonchev–Trinajstić information content (AvgIpc) is 2.80. The summed E-state index contributed by atoms with van der Waals surface area (Å²) in [5, 5.41) is 9.18. The van der Waals surface area contributed by atoms with E-state index in [9.17, 15) is 0 Å². The fourth-order valence-electron chi connectivity index (χ4n) is 1.74. The molecule has 0 amide bonds. The van der Waals surface area contributed by atoms with E-state index in [-0.39, 0.29) is 0 Å². The summed E-state index contributed by atoms with van der Waals surface area (Å²) in [5.74, 6) is 0. The van der Waals surface area contributed by atoms with Gasteiger partial charge in [-0.2, -0.15) is 0 Å². The Balaban J connectivity index is 2.04. The van der Waals surface area contributed by atoms with Gasteiger partial charge in [0.1, 0.15) is 0 Å². The van der Waals surface area contributed by atoms with Gasteiger partial charge < -0.3 is 5.73 Å². The number of nitrogens with two attached hydrogens (primary N) is 1. The summed E-state index contributed by atoms with van der Waals surface area (Å²) >= 11 is 5.09. The quantitative estimate of drug-likeness (QED) is 0.728. The number of benzene rings is 1. The average molecular weight is 335 g/mol. The van der Waals surface area contributed by atoms with Gasteiger partial charge in [0.05, 0.1) is 0 Å². The number of hydrogen-bond acceptors (Lipinski definition) is 4. The van der Waals surface area contributed by atoms with Gasteiger partial charge in [0.25, 0.3) is 0 Å². The number of aryl methyl sites for hydroxylation is 1. The van der Waals surface area contributed by atoms with Crippen LogP contribution in [0, 0.1) is 6.92 Å². The zero-order chi connectivity index (χ0) is 13.4. The van der Waals surface area contributed by atoms with Gasteiger partial charge in [-0.15, -0.1) is 10.2 Å². The first-order chi connectivity index (χ1) is 9.15. The lowest BCUT2D eigenvalue weighted by Crippen LogP contribution is -1.91. The Morgan fingerprint density at radius 2 is 2.11 bits per heavy atom. The number of anilines is 1. The van der Waals surface area contributed by atoms with Gasteiger partial charge in [-0.25, -0.2) is 0 Å². The molecule has 0 spiro atoms. The Labute approximate surface area is 123 Å². The molecule has 4 nitrogen and oxygen atoms in total. The van der Waals surface area contributed by atoms with Crippen LogP contribution in [0.25, 0.3) is 5.65 Å². The number of hydrogen-bond donors (Lipinski definition) is 1. The predicted octanol–water partition coefficient (Wildman–Crippen LogP) is 3.53. The summed E-state index contributed by atoms with van der Waals surface area (Å²) in [6.07, 6.45) is 1.95. The third-order valence-corrected chi connectivity index (χ3v) is 4.74. The van der Waals surface area contributed by atoms with Crippen LogP contribution in [0.1, 0.15) is 5.56 Å². The molecule has 3 aromatic rings. The van der Waals surface area contributed by atoms with Gasteiger partial charge in [0.2, 0.25) is 0 Å². The van der Waals surface area contributed by atoms with Crippen LogP contribution in [0.2, 0.25) is 0 Å². The van der Waals surface area contributed by atoms with Crippen molar-refractivity contribution in [3.8, 4) is 0 Å². The SMILES string of the molecule is Cc1cc(Sc2nnc3ccccn23)c(Br)cc1N. The minimum atomic E-state index is 0.780. The molecule has 6 heteroatoms. The molecule has 0 aliphatic rings. The Bertz CT molecular complexity index is 753. The Morgan fingerprint density at radius 1 is 1.26 bits per heavy atom. The fraction of sp³-hybridized carbons (Fsp3) is 0.0769. The predicted molar refractivity (Wildman–Crippen MR) is 80.4 cm³/mol. The second-order valence-corrected chi connectivity index (χ2v) is 6.02. The molecular weight excluding hydrogens is 324 g/mol. The minimum Gasteiger partial charge on any atom is -0.398 e. The van der Waals surface area contributed by atoms with Crippen LogP contribution in [-0.4, -0.2) is 14.6 Å². The molecule has 0 aliphatic carbocycles. The van der Waals surface area contributed by atoms with E-state index < -0.39 is 0 Å². The maximum absolute atomic E-state index is 5.88. The monoisotopic (exact) mass is 334 g/mol. The molecule has 0 fully saturated rings. The van der Waals surface area contributed by atoms with E-state index in [2.05, 4.69) is 26.1 Å². The lowest BCUT2D eigenvalue weighted by Gasteiger charge is -2.07. The van der Waals surface area contributed by atoms with Gasteiger partial charge in [-0.1, -0.05) is 6.07 Å². The molecule has 2 heterocycles. The van der Waals surface area contributed by atoms with Gasteiger partial charge in [0, 0.05) is 21.3 Å². The molecule has 1 aromatic carbocycles. The Morgan fingerprint density at radius 3 is 2.95 bits per heavy atom. The van der Waals surface area contributed by atoms with Gasteiger partial charge >= 0.3 is 0 Å². The summed E-state index contributed by atoms with van der Waals surface area (Å²) in [5.41, 5.74) is 8.56. The highest BCUT2D eigenvalue weighted by atomic mass is 79.9. The highest BCUT2D eigenvalue weighted by Gasteiger charge is 2.10. The Hall–Kier alpha value is -1.53. The van der Waals surface area contributed by atoms with Crippen LogP contribution in [0.5, 0.6) is 0 Å². The van der Waals surface area contributed by atoms with E-state index in [1.54, 1.807) is 11.8 Å². The second kappa shape index (κ2) is 4.86. The minimum absolute atomic E-state index is 0.780. The normalized spacial score (nSPS) is 11.1. The molecular formula is C13H11BrN4S. The van der Waals surface area contributed by atoms with Crippen LogP contribution < -0.4 is 5.73 Å². The van der Waals surface area contributed by atoms with Crippen LogP contribution in [0.15, 0.2) is 51.1 Å². The number of pyridine rings is 1. The molecule has 0 radical (unpaired) electrons. The van der Waals surface area contributed by atoms with Gasteiger partial charge in [-0.05, 0) is 64.4 Å². The van der Waals surface area contributed by atoms with E-state index in [0.29, 0.717) is 0 Å². The van der Waals surface area contributed by atoms with Crippen molar-refractivity contribution in [1.29, 1.82) is 0 Å². The highest BCUT2D eigenvalue weighted by molar-refractivity contribution is 9.10. The summed E-state index contributed by atoms with van der Waals surface area (Å²) in [4.78, 5) is 1.07. The van der Waals surface area contributed by atoms with Crippen molar-refractivity contribution in [2.75, 3.05) is 5.73 Å². The topological polar surface area (TPSA) is 56.2 Å². The zero-order valence-electron chi connectivity index (χ0n) is 10.2.